The van der Waals surface area contributed by atoms with Gasteiger partial charge in [0.2, 0.25) is 0 Å². The number of hydrogen-bond acceptors (Lipinski definition) is 4. The number of amides is 1. The highest BCUT2D eigenvalue weighted by Crippen LogP contribution is 2.22. The molecule has 1 amide bonds. The predicted molar refractivity (Wildman–Crippen MR) is 88.0 cm³/mol. The summed E-state index contributed by atoms with van der Waals surface area (Å²) in [5, 5.41) is 0. The van der Waals surface area contributed by atoms with Crippen LogP contribution < -0.4 is 10.6 Å². The average molecular weight is 302 g/mol. The van der Waals surface area contributed by atoms with E-state index in [9.17, 15) is 4.79 Å². The van der Waals surface area contributed by atoms with Crippen molar-refractivity contribution >= 4 is 11.7 Å². The van der Waals surface area contributed by atoms with Gasteiger partial charge < -0.3 is 15.5 Å². The van der Waals surface area contributed by atoms with E-state index in [2.05, 4.69) is 16.8 Å². The van der Waals surface area contributed by atoms with E-state index in [-0.39, 0.29) is 11.9 Å². The van der Waals surface area contributed by atoms with E-state index in [1.807, 2.05) is 17.0 Å². The third kappa shape index (κ3) is 3.24. The summed E-state index contributed by atoms with van der Waals surface area (Å²) < 4.78 is 0. The number of aromatic nitrogens is 1. The zero-order valence-corrected chi connectivity index (χ0v) is 13.4. The van der Waals surface area contributed by atoms with Gasteiger partial charge in [0.1, 0.15) is 5.82 Å². The number of hydrogen-bond donors (Lipinski definition) is 1. The maximum atomic E-state index is 12.5. The lowest BCUT2D eigenvalue weighted by Gasteiger charge is -2.33. The third-order valence-electron chi connectivity index (χ3n) is 5.00. The minimum Gasteiger partial charge on any atom is -0.357 e. The first-order valence-electron chi connectivity index (χ1n) is 8.41. The zero-order valence-electron chi connectivity index (χ0n) is 13.4. The van der Waals surface area contributed by atoms with Gasteiger partial charge in [-0.2, -0.15) is 0 Å². The summed E-state index contributed by atoms with van der Waals surface area (Å²) in [4.78, 5) is 21.2. The standard InChI is InChI=1S/C17H26N4O/c1-13(18)14-6-10-21(11-7-14)17(22)15-4-5-16(19-12-15)20-8-2-3-9-20/h4-5,12-14H,2-3,6-11,18H2,1H3. The number of carbonyl (C=O) groups excluding carboxylic acids is 1. The van der Waals surface area contributed by atoms with Crippen LogP contribution in [0.2, 0.25) is 0 Å². The van der Waals surface area contributed by atoms with Gasteiger partial charge in [-0.25, -0.2) is 4.98 Å². The third-order valence-corrected chi connectivity index (χ3v) is 5.00. The lowest BCUT2D eigenvalue weighted by Crippen LogP contribution is -2.42. The fraction of sp³-hybridized carbons (Fsp3) is 0.647. The summed E-state index contributed by atoms with van der Waals surface area (Å²) in [6.45, 7) is 5.82. The molecule has 2 saturated heterocycles. The molecule has 120 valence electrons. The largest absolute Gasteiger partial charge is 0.357 e. The molecule has 0 saturated carbocycles. The van der Waals surface area contributed by atoms with Crippen LogP contribution in [0, 0.1) is 5.92 Å². The number of nitrogens with two attached hydrogens (primary N) is 1. The van der Waals surface area contributed by atoms with E-state index in [0.717, 1.165) is 44.8 Å². The smallest absolute Gasteiger partial charge is 0.255 e. The first-order chi connectivity index (χ1) is 10.6. The Morgan fingerprint density at radius 3 is 2.45 bits per heavy atom. The van der Waals surface area contributed by atoms with Gasteiger partial charge in [0.25, 0.3) is 5.91 Å². The molecule has 0 aromatic carbocycles. The average Bonchev–Trinajstić information content (AvgIpc) is 3.09. The molecule has 2 N–H and O–H groups in total. The summed E-state index contributed by atoms with van der Waals surface area (Å²) in [5.41, 5.74) is 6.65. The maximum absolute atomic E-state index is 12.5. The Balaban J connectivity index is 1.60. The van der Waals surface area contributed by atoms with Crippen LogP contribution in [0.15, 0.2) is 18.3 Å². The summed E-state index contributed by atoms with van der Waals surface area (Å²) in [6.07, 6.45) is 6.20. The van der Waals surface area contributed by atoms with Gasteiger partial charge in [-0.05, 0) is 50.7 Å². The van der Waals surface area contributed by atoms with Gasteiger partial charge in [-0.3, -0.25) is 4.79 Å². The van der Waals surface area contributed by atoms with Crippen LogP contribution in [0.25, 0.3) is 0 Å². The van der Waals surface area contributed by atoms with E-state index < -0.39 is 0 Å². The predicted octanol–water partition coefficient (Wildman–Crippen LogP) is 1.88. The van der Waals surface area contributed by atoms with Gasteiger partial charge in [0.15, 0.2) is 0 Å². The molecule has 3 heterocycles. The molecule has 1 atom stereocenters. The molecule has 0 bridgehead atoms. The van der Waals surface area contributed by atoms with Gasteiger partial charge in [-0.1, -0.05) is 0 Å². The molecule has 1 unspecified atom stereocenters. The van der Waals surface area contributed by atoms with Gasteiger partial charge in [0.05, 0.1) is 5.56 Å². The van der Waals surface area contributed by atoms with Crippen molar-refractivity contribution in [3.8, 4) is 0 Å². The molecule has 3 rings (SSSR count). The van der Waals surface area contributed by atoms with E-state index in [0.29, 0.717) is 11.5 Å². The maximum Gasteiger partial charge on any atom is 0.255 e. The van der Waals surface area contributed by atoms with Crippen molar-refractivity contribution in [1.29, 1.82) is 0 Å². The Morgan fingerprint density at radius 1 is 1.23 bits per heavy atom. The van der Waals surface area contributed by atoms with Crippen molar-refractivity contribution in [3.63, 3.8) is 0 Å². The first kappa shape index (κ1) is 15.3. The van der Waals surface area contributed by atoms with Crippen molar-refractivity contribution in [2.45, 2.75) is 38.6 Å². The summed E-state index contributed by atoms with van der Waals surface area (Å²) >= 11 is 0. The van der Waals surface area contributed by atoms with E-state index in [1.54, 1.807) is 6.20 Å². The molecule has 0 spiro atoms. The van der Waals surface area contributed by atoms with Crippen molar-refractivity contribution in [1.82, 2.24) is 9.88 Å². The molecular formula is C17H26N4O. The van der Waals surface area contributed by atoms with Gasteiger partial charge >= 0.3 is 0 Å². The Hall–Kier alpha value is -1.62. The van der Waals surface area contributed by atoms with Crippen LogP contribution >= 0.6 is 0 Å². The first-order valence-corrected chi connectivity index (χ1v) is 8.41. The second-order valence-electron chi connectivity index (χ2n) is 6.59. The van der Waals surface area contributed by atoms with E-state index in [1.165, 1.54) is 12.8 Å². The molecule has 1 aromatic heterocycles. The molecule has 0 radical (unpaired) electrons. The minimum atomic E-state index is 0.101. The number of piperidine rings is 1. The fourth-order valence-electron chi connectivity index (χ4n) is 3.46. The number of carbonyl (C=O) groups is 1. The summed E-state index contributed by atoms with van der Waals surface area (Å²) in [6, 6.07) is 4.12. The summed E-state index contributed by atoms with van der Waals surface area (Å²) in [5.74, 6) is 1.63. The van der Waals surface area contributed by atoms with Crippen molar-refractivity contribution < 1.29 is 4.79 Å². The normalized spacial score (nSPS) is 21.2. The highest BCUT2D eigenvalue weighted by Gasteiger charge is 2.25. The lowest BCUT2D eigenvalue weighted by molar-refractivity contribution is 0.0680. The molecule has 2 aliphatic heterocycles. The Labute approximate surface area is 132 Å². The van der Waals surface area contributed by atoms with Crippen LogP contribution in [0.1, 0.15) is 43.0 Å². The Bertz CT molecular complexity index is 500. The minimum absolute atomic E-state index is 0.101. The van der Waals surface area contributed by atoms with Gasteiger partial charge in [0, 0.05) is 38.4 Å². The Morgan fingerprint density at radius 2 is 1.91 bits per heavy atom. The number of nitrogens with zero attached hydrogens (tertiary/aromatic N) is 3. The SMILES string of the molecule is CC(N)C1CCN(C(=O)c2ccc(N3CCCC3)nc2)CC1. The van der Waals surface area contributed by atoms with Crippen LogP contribution in [0.4, 0.5) is 5.82 Å². The molecule has 2 fully saturated rings. The Kier molecular flexibility index (Phi) is 4.62. The van der Waals surface area contributed by atoms with Gasteiger partial charge in [-0.15, -0.1) is 0 Å². The van der Waals surface area contributed by atoms with Crippen LogP contribution in [0.5, 0.6) is 0 Å². The van der Waals surface area contributed by atoms with Crippen LogP contribution in [-0.2, 0) is 0 Å². The number of rotatable bonds is 3. The van der Waals surface area contributed by atoms with Crippen molar-refractivity contribution in [2.75, 3.05) is 31.1 Å². The zero-order chi connectivity index (χ0) is 15.5. The molecule has 2 aliphatic rings. The molecular weight excluding hydrogens is 276 g/mol. The molecule has 22 heavy (non-hydrogen) atoms. The molecule has 0 aliphatic carbocycles. The number of likely N-dealkylation sites (tertiary alicyclic amines) is 1. The highest BCUT2D eigenvalue weighted by molar-refractivity contribution is 5.94. The fourth-order valence-corrected chi connectivity index (χ4v) is 3.46. The second kappa shape index (κ2) is 6.65. The van der Waals surface area contributed by atoms with E-state index >= 15 is 0 Å². The molecule has 5 nitrogen and oxygen atoms in total. The number of pyridine rings is 1. The van der Waals surface area contributed by atoms with Crippen molar-refractivity contribution in [3.05, 3.63) is 23.9 Å². The number of anilines is 1. The molecule has 5 heteroatoms. The monoisotopic (exact) mass is 302 g/mol. The lowest BCUT2D eigenvalue weighted by atomic mass is 9.91. The second-order valence-corrected chi connectivity index (χ2v) is 6.59. The highest BCUT2D eigenvalue weighted by atomic mass is 16.2. The topological polar surface area (TPSA) is 62.5 Å². The van der Waals surface area contributed by atoms with Crippen LogP contribution in [-0.4, -0.2) is 48.0 Å². The van der Waals surface area contributed by atoms with Crippen LogP contribution in [0.3, 0.4) is 0 Å². The van der Waals surface area contributed by atoms with E-state index in [4.69, 9.17) is 5.73 Å². The molecule has 1 aromatic rings. The summed E-state index contributed by atoms with van der Waals surface area (Å²) in [7, 11) is 0. The quantitative estimate of drug-likeness (QED) is 0.926. The van der Waals surface area contributed by atoms with Crippen molar-refractivity contribution in [2.24, 2.45) is 11.7 Å².